The Kier molecular flexibility index (Phi) is 7.53. The summed E-state index contributed by atoms with van der Waals surface area (Å²) in [6, 6.07) is 7.80. The van der Waals surface area contributed by atoms with Gasteiger partial charge >= 0.3 is 0 Å². The molecule has 1 fully saturated rings. The molecule has 1 aliphatic rings. The van der Waals surface area contributed by atoms with Crippen LogP contribution >= 0.6 is 0 Å². The van der Waals surface area contributed by atoms with Gasteiger partial charge in [0.05, 0.1) is 26.8 Å². The second-order valence-corrected chi connectivity index (χ2v) is 6.27. The van der Waals surface area contributed by atoms with Gasteiger partial charge in [0, 0.05) is 33.2 Å². The SMILES string of the molecule is COc1cccc(CN=C(NCC(=O)N(C)C)NCC2CCOC2)c1. The maximum Gasteiger partial charge on any atom is 0.241 e. The van der Waals surface area contributed by atoms with Crippen LogP contribution in [0.4, 0.5) is 0 Å². The molecule has 7 heteroatoms. The summed E-state index contributed by atoms with van der Waals surface area (Å²) in [5, 5.41) is 6.41. The van der Waals surface area contributed by atoms with Crippen molar-refractivity contribution in [1.82, 2.24) is 15.5 Å². The monoisotopic (exact) mass is 348 g/mol. The third kappa shape index (κ3) is 6.62. The summed E-state index contributed by atoms with van der Waals surface area (Å²) in [5.74, 6) is 1.92. The van der Waals surface area contributed by atoms with Crippen molar-refractivity contribution >= 4 is 11.9 Å². The number of guanidine groups is 1. The van der Waals surface area contributed by atoms with Crippen LogP contribution in [0, 0.1) is 5.92 Å². The molecule has 1 atom stereocenters. The van der Waals surface area contributed by atoms with Crippen molar-refractivity contribution in [3.63, 3.8) is 0 Å². The van der Waals surface area contributed by atoms with E-state index < -0.39 is 0 Å². The van der Waals surface area contributed by atoms with Gasteiger partial charge in [0.25, 0.3) is 0 Å². The molecule has 0 aromatic heterocycles. The topological polar surface area (TPSA) is 75.2 Å². The molecule has 1 heterocycles. The maximum atomic E-state index is 11.8. The minimum absolute atomic E-state index is 0.0000741. The number of carbonyl (C=O) groups excluding carboxylic acids is 1. The summed E-state index contributed by atoms with van der Waals surface area (Å²) in [7, 11) is 5.12. The molecule has 0 aliphatic carbocycles. The molecule has 0 spiro atoms. The summed E-state index contributed by atoms with van der Waals surface area (Å²) >= 11 is 0. The number of benzene rings is 1. The van der Waals surface area contributed by atoms with E-state index in [0.717, 1.165) is 37.5 Å². The molecule has 138 valence electrons. The Hall–Kier alpha value is -2.28. The normalized spacial score (nSPS) is 17.2. The Morgan fingerprint density at radius 2 is 2.24 bits per heavy atom. The number of aliphatic imine (C=N–C) groups is 1. The number of hydrogen-bond acceptors (Lipinski definition) is 4. The highest BCUT2D eigenvalue weighted by atomic mass is 16.5. The van der Waals surface area contributed by atoms with Crippen molar-refractivity contribution in [2.24, 2.45) is 10.9 Å². The molecule has 1 aromatic carbocycles. The molecule has 1 aliphatic heterocycles. The number of rotatable bonds is 7. The first-order chi connectivity index (χ1) is 12.1. The summed E-state index contributed by atoms with van der Waals surface area (Å²) in [4.78, 5) is 18.0. The molecular weight excluding hydrogens is 320 g/mol. The van der Waals surface area contributed by atoms with Crippen LogP contribution in [0.5, 0.6) is 5.75 Å². The molecule has 0 radical (unpaired) electrons. The van der Waals surface area contributed by atoms with Gasteiger partial charge in [-0.25, -0.2) is 4.99 Å². The fraction of sp³-hybridized carbons (Fsp3) is 0.556. The number of ether oxygens (including phenoxy) is 2. The smallest absolute Gasteiger partial charge is 0.241 e. The third-order valence-electron chi connectivity index (χ3n) is 4.04. The van der Waals surface area contributed by atoms with E-state index in [1.807, 2.05) is 24.3 Å². The van der Waals surface area contributed by atoms with E-state index in [1.54, 1.807) is 26.1 Å². The average molecular weight is 348 g/mol. The van der Waals surface area contributed by atoms with Gasteiger partial charge in [-0.1, -0.05) is 12.1 Å². The molecule has 7 nitrogen and oxygen atoms in total. The van der Waals surface area contributed by atoms with Crippen molar-refractivity contribution in [3.8, 4) is 5.75 Å². The highest BCUT2D eigenvalue weighted by molar-refractivity contribution is 5.86. The van der Waals surface area contributed by atoms with Crippen LogP contribution in [-0.4, -0.2) is 64.3 Å². The van der Waals surface area contributed by atoms with Crippen molar-refractivity contribution in [2.45, 2.75) is 13.0 Å². The largest absolute Gasteiger partial charge is 0.497 e. The molecule has 25 heavy (non-hydrogen) atoms. The molecular formula is C18H28N4O3. The number of nitrogens with zero attached hydrogens (tertiary/aromatic N) is 2. The van der Waals surface area contributed by atoms with Gasteiger partial charge in [-0.05, 0) is 24.1 Å². The van der Waals surface area contributed by atoms with E-state index in [0.29, 0.717) is 18.4 Å². The standard InChI is InChI=1S/C18H28N4O3/c1-22(2)17(23)12-21-18(20-11-15-7-8-25-13-15)19-10-14-5-4-6-16(9-14)24-3/h4-6,9,15H,7-8,10-13H2,1-3H3,(H2,19,20,21). The number of likely N-dealkylation sites (N-methyl/N-ethyl adjacent to an activating group) is 1. The lowest BCUT2D eigenvalue weighted by Crippen LogP contribution is -2.44. The molecule has 1 amide bonds. The zero-order valence-corrected chi connectivity index (χ0v) is 15.2. The molecule has 0 saturated carbocycles. The van der Waals surface area contributed by atoms with Gasteiger partial charge in [0.2, 0.25) is 5.91 Å². The molecule has 1 unspecified atom stereocenters. The summed E-state index contributed by atoms with van der Waals surface area (Å²) < 4.78 is 10.6. The second-order valence-electron chi connectivity index (χ2n) is 6.27. The lowest BCUT2D eigenvalue weighted by Gasteiger charge is -2.16. The van der Waals surface area contributed by atoms with Crippen molar-refractivity contribution < 1.29 is 14.3 Å². The van der Waals surface area contributed by atoms with Gasteiger partial charge in [0.15, 0.2) is 5.96 Å². The molecule has 2 N–H and O–H groups in total. The van der Waals surface area contributed by atoms with E-state index >= 15 is 0 Å². The van der Waals surface area contributed by atoms with Crippen molar-refractivity contribution in [3.05, 3.63) is 29.8 Å². The first kappa shape index (κ1) is 19.1. The maximum absolute atomic E-state index is 11.8. The van der Waals surface area contributed by atoms with E-state index in [2.05, 4.69) is 15.6 Å². The Balaban J connectivity index is 1.96. The minimum atomic E-state index is 0.0000741. The quantitative estimate of drug-likeness (QED) is 0.565. The predicted molar refractivity (Wildman–Crippen MR) is 97.8 cm³/mol. The van der Waals surface area contributed by atoms with Crippen molar-refractivity contribution in [1.29, 1.82) is 0 Å². The van der Waals surface area contributed by atoms with Crippen LogP contribution in [0.15, 0.2) is 29.3 Å². The Labute approximate surface area is 149 Å². The lowest BCUT2D eigenvalue weighted by atomic mass is 10.1. The zero-order valence-electron chi connectivity index (χ0n) is 15.2. The molecule has 1 saturated heterocycles. The number of nitrogens with one attached hydrogen (secondary N) is 2. The summed E-state index contributed by atoms with van der Waals surface area (Å²) in [6.07, 6.45) is 1.05. The summed E-state index contributed by atoms with van der Waals surface area (Å²) in [5.41, 5.74) is 1.04. The van der Waals surface area contributed by atoms with Crippen LogP contribution in [-0.2, 0) is 16.1 Å². The van der Waals surface area contributed by atoms with Gasteiger partial charge in [-0.2, -0.15) is 0 Å². The first-order valence-corrected chi connectivity index (χ1v) is 8.51. The van der Waals surface area contributed by atoms with Crippen LogP contribution in [0.1, 0.15) is 12.0 Å². The second kappa shape index (κ2) is 9.88. The average Bonchev–Trinajstić information content (AvgIpc) is 3.14. The van der Waals surface area contributed by atoms with Gasteiger partial charge in [-0.3, -0.25) is 4.79 Å². The first-order valence-electron chi connectivity index (χ1n) is 8.51. The van der Waals surface area contributed by atoms with Crippen molar-refractivity contribution in [2.75, 3.05) is 47.5 Å². The zero-order chi connectivity index (χ0) is 18.1. The Bertz CT molecular complexity index is 583. The van der Waals surface area contributed by atoms with Crippen LogP contribution in [0.25, 0.3) is 0 Å². The molecule has 2 rings (SSSR count). The van der Waals surface area contributed by atoms with Crippen LogP contribution in [0.3, 0.4) is 0 Å². The number of hydrogen-bond donors (Lipinski definition) is 2. The third-order valence-corrected chi connectivity index (χ3v) is 4.04. The van der Waals surface area contributed by atoms with E-state index in [1.165, 1.54) is 0 Å². The molecule has 1 aromatic rings. The van der Waals surface area contributed by atoms with Crippen LogP contribution in [0.2, 0.25) is 0 Å². The lowest BCUT2D eigenvalue weighted by molar-refractivity contribution is -0.127. The number of amides is 1. The molecule has 0 bridgehead atoms. The highest BCUT2D eigenvalue weighted by Gasteiger charge is 2.16. The van der Waals surface area contributed by atoms with Crippen LogP contribution < -0.4 is 15.4 Å². The summed E-state index contributed by atoms with van der Waals surface area (Å²) in [6.45, 7) is 3.07. The fourth-order valence-corrected chi connectivity index (χ4v) is 2.42. The predicted octanol–water partition coefficient (Wildman–Crippen LogP) is 0.855. The Morgan fingerprint density at radius 1 is 1.40 bits per heavy atom. The van der Waals surface area contributed by atoms with Gasteiger partial charge in [-0.15, -0.1) is 0 Å². The minimum Gasteiger partial charge on any atom is -0.497 e. The van der Waals surface area contributed by atoms with E-state index in [9.17, 15) is 4.79 Å². The van der Waals surface area contributed by atoms with E-state index in [4.69, 9.17) is 9.47 Å². The fourth-order valence-electron chi connectivity index (χ4n) is 2.42. The Morgan fingerprint density at radius 3 is 2.92 bits per heavy atom. The van der Waals surface area contributed by atoms with E-state index in [-0.39, 0.29) is 12.5 Å². The number of methoxy groups -OCH3 is 1. The number of carbonyl (C=O) groups is 1. The highest BCUT2D eigenvalue weighted by Crippen LogP contribution is 2.13. The van der Waals surface area contributed by atoms with Gasteiger partial charge in [0.1, 0.15) is 5.75 Å². The van der Waals surface area contributed by atoms with Gasteiger partial charge < -0.3 is 25.0 Å².